The summed E-state index contributed by atoms with van der Waals surface area (Å²) < 4.78 is 1.83. The fourth-order valence-corrected chi connectivity index (χ4v) is 2.88. The normalized spacial score (nSPS) is 10.6. The van der Waals surface area contributed by atoms with Gasteiger partial charge in [-0.05, 0) is 42.7 Å². The first-order valence-electron chi connectivity index (χ1n) is 8.65. The van der Waals surface area contributed by atoms with Crippen LogP contribution in [-0.2, 0) is 6.42 Å². The second kappa shape index (κ2) is 7.62. The third-order valence-electron chi connectivity index (χ3n) is 4.23. The summed E-state index contributed by atoms with van der Waals surface area (Å²) in [6.45, 7) is 8.15. The Kier molecular flexibility index (Phi) is 4.70. The summed E-state index contributed by atoms with van der Waals surface area (Å²) in [6.07, 6.45) is 8.74. The number of para-hydroxylation sites is 2. The molecule has 132 valence electrons. The zero-order chi connectivity index (χ0) is 18.5. The molecule has 0 saturated heterocycles. The number of nitrogens with one attached hydrogen (secondary N) is 1. The van der Waals surface area contributed by atoms with Crippen LogP contribution in [0.1, 0.15) is 12.0 Å². The molecule has 4 aromatic rings. The first kappa shape index (κ1) is 16.7. The minimum Gasteiger partial charge on any atom is -0.354 e. The van der Waals surface area contributed by atoms with Crippen LogP contribution in [0.15, 0.2) is 61.3 Å². The molecule has 0 radical (unpaired) electrons. The van der Waals surface area contributed by atoms with Crippen LogP contribution in [0.4, 0.5) is 11.6 Å². The summed E-state index contributed by atoms with van der Waals surface area (Å²) in [7, 11) is 0. The van der Waals surface area contributed by atoms with Crippen LogP contribution < -0.4 is 5.32 Å². The minimum absolute atomic E-state index is 0.389. The van der Waals surface area contributed by atoms with Gasteiger partial charge in [-0.15, -0.1) is 0 Å². The van der Waals surface area contributed by atoms with Crippen molar-refractivity contribution < 1.29 is 0 Å². The predicted molar refractivity (Wildman–Crippen MR) is 104 cm³/mol. The van der Waals surface area contributed by atoms with E-state index in [0.29, 0.717) is 17.5 Å². The summed E-state index contributed by atoms with van der Waals surface area (Å²) in [5.41, 5.74) is 3.41. The highest BCUT2D eigenvalue weighted by atomic mass is 15.2. The highest BCUT2D eigenvalue weighted by Crippen LogP contribution is 2.25. The molecule has 0 unspecified atom stereocenters. The number of rotatable bonds is 6. The summed E-state index contributed by atoms with van der Waals surface area (Å²) >= 11 is 0. The van der Waals surface area contributed by atoms with Gasteiger partial charge in [-0.3, -0.25) is 9.55 Å². The average molecular weight is 355 g/mol. The molecule has 3 aromatic heterocycles. The summed E-state index contributed by atoms with van der Waals surface area (Å²) in [6, 6.07) is 11.8. The average Bonchev–Trinajstić information content (AvgIpc) is 3.16. The number of aromatic nitrogens is 5. The fourth-order valence-electron chi connectivity index (χ4n) is 2.88. The molecule has 0 bridgehead atoms. The van der Waals surface area contributed by atoms with E-state index in [9.17, 15) is 0 Å². The number of imidazole rings is 1. The lowest BCUT2D eigenvalue weighted by atomic mass is 10.1. The lowest BCUT2D eigenvalue weighted by molar-refractivity contribution is 0.849. The molecule has 0 spiro atoms. The maximum atomic E-state index is 7.41. The van der Waals surface area contributed by atoms with Crippen LogP contribution in [0.5, 0.6) is 0 Å². The van der Waals surface area contributed by atoms with Gasteiger partial charge in [-0.25, -0.2) is 19.8 Å². The van der Waals surface area contributed by atoms with Gasteiger partial charge in [-0.2, -0.15) is 0 Å². The Hall–Kier alpha value is -3.79. The van der Waals surface area contributed by atoms with E-state index < -0.39 is 0 Å². The molecule has 7 nitrogen and oxygen atoms in total. The predicted octanol–water partition coefficient (Wildman–Crippen LogP) is 3.81. The molecule has 7 heteroatoms. The van der Waals surface area contributed by atoms with E-state index in [4.69, 9.17) is 6.57 Å². The monoisotopic (exact) mass is 355 g/mol. The van der Waals surface area contributed by atoms with E-state index in [2.05, 4.69) is 30.1 Å². The van der Waals surface area contributed by atoms with Gasteiger partial charge in [0.1, 0.15) is 12.1 Å². The van der Waals surface area contributed by atoms with Crippen molar-refractivity contribution in [1.29, 1.82) is 0 Å². The Bertz CT molecular complexity index is 1100. The Balaban J connectivity index is 1.52. The molecule has 1 aromatic carbocycles. The molecule has 0 atom stereocenters. The topological polar surface area (TPSA) is 72.9 Å². The van der Waals surface area contributed by atoms with Gasteiger partial charge in [0.25, 0.3) is 0 Å². The van der Waals surface area contributed by atoms with E-state index in [1.165, 1.54) is 5.56 Å². The van der Waals surface area contributed by atoms with E-state index >= 15 is 0 Å². The first-order chi connectivity index (χ1) is 13.3. The molecule has 0 aliphatic rings. The van der Waals surface area contributed by atoms with Gasteiger partial charge in [0, 0.05) is 25.1 Å². The van der Waals surface area contributed by atoms with Crippen molar-refractivity contribution in [3.05, 3.63) is 78.3 Å². The SMILES string of the molecule is [C-]#[N+]c1cnc(NCCCc2ccncc2)nc1-n1cnc2ccccc21. The zero-order valence-electron chi connectivity index (χ0n) is 14.6. The minimum atomic E-state index is 0.389. The number of hydrogen-bond donors (Lipinski definition) is 1. The van der Waals surface area contributed by atoms with Gasteiger partial charge in [0.2, 0.25) is 11.6 Å². The zero-order valence-corrected chi connectivity index (χ0v) is 14.6. The summed E-state index contributed by atoms with van der Waals surface area (Å²) in [5.74, 6) is 1.04. The number of hydrogen-bond acceptors (Lipinski definition) is 5. The highest BCUT2D eigenvalue weighted by Gasteiger charge is 2.12. The number of anilines is 1. The third-order valence-corrected chi connectivity index (χ3v) is 4.23. The van der Waals surface area contributed by atoms with Gasteiger partial charge in [0.05, 0.1) is 17.6 Å². The van der Waals surface area contributed by atoms with Crippen molar-refractivity contribution >= 4 is 22.7 Å². The molecule has 3 heterocycles. The Morgan fingerprint density at radius 1 is 1.07 bits per heavy atom. The molecule has 1 N–H and O–H groups in total. The van der Waals surface area contributed by atoms with Crippen molar-refractivity contribution in [1.82, 2.24) is 24.5 Å². The standard InChI is InChI=1S/C20H17N7/c1-21-17-13-24-20(23-10-4-5-15-8-11-22-12-9-15)26-19(17)27-14-25-16-6-2-3-7-18(16)27/h2-3,6-9,11-14H,4-5,10H2,(H,23,24,26). The quantitative estimate of drug-likeness (QED) is 0.421. The first-order valence-corrected chi connectivity index (χ1v) is 8.65. The summed E-state index contributed by atoms with van der Waals surface area (Å²) in [4.78, 5) is 20.8. The van der Waals surface area contributed by atoms with Gasteiger partial charge >= 0.3 is 0 Å². The number of fused-ring (bicyclic) bond motifs is 1. The Morgan fingerprint density at radius 2 is 1.93 bits per heavy atom. The van der Waals surface area contributed by atoms with Gasteiger partial charge < -0.3 is 5.32 Å². The van der Waals surface area contributed by atoms with Crippen LogP contribution in [0.25, 0.3) is 21.7 Å². The second-order valence-electron chi connectivity index (χ2n) is 6.00. The van der Waals surface area contributed by atoms with Crippen LogP contribution >= 0.6 is 0 Å². The largest absolute Gasteiger partial charge is 0.354 e. The number of nitrogens with zero attached hydrogens (tertiary/aromatic N) is 6. The number of pyridine rings is 1. The van der Waals surface area contributed by atoms with Crippen molar-refractivity contribution in [2.45, 2.75) is 12.8 Å². The molecule has 27 heavy (non-hydrogen) atoms. The molecule has 0 amide bonds. The lowest BCUT2D eigenvalue weighted by Crippen LogP contribution is -2.08. The van der Waals surface area contributed by atoms with E-state index in [1.807, 2.05) is 41.0 Å². The molecule has 0 saturated carbocycles. The van der Waals surface area contributed by atoms with Gasteiger partial charge in [-0.1, -0.05) is 12.1 Å². The van der Waals surface area contributed by atoms with Crippen molar-refractivity contribution in [3.63, 3.8) is 0 Å². The van der Waals surface area contributed by atoms with E-state index in [0.717, 1.165) is 30.4 Å². The maximum absolute atomic E-state index is 7.41. The van der Waals surface area contributed by atoms with Crippen LogP contribution in [0, 0.1) is 6.57 Å². The molecular formula is C20H17N7. The number of aryl methyl sites for hydroxylation is 1. The van der Waals surface area contributed by atoms with Crippen LogP contribution in [0.3, 0.4) is 0 Å². The van der Waals surface area contributed by atoms with Gasteiger partial charge in [0.15, 0.2) is 0 Å². The fraction of sp³-hybridized carbons (Fsp3) is 0.150. The van der Waals surface area contributed by atoms with Crippen molar-refractivity contribution in [2.75, 3.05) is 11.9 Å². The smallest absolute Gasteiger partial charge is 0.247 e. The molecule has 0 aliphatic heterocycles. The van der Waals surface area contributed by atoms with E-state index in [-0.39, 0.29) is 0 Å². The van der Waals surface area contributed by atoms with Crippen molar-refractivity contribution in [3.8, 4) is 5.82 Å². The third kappa shape index (κ3) is 3.60. The Labute approximate surface area is 156 Å². The van der Waals surface area contributed by atoms with Crippen LogP contribution in [0.2, 0.25) is 0 Å². The highest BCUT2D eigenvalue weighted by molar-refractivity contribution is 5.78. The lowest BCUT2D eigenvalue weighted by Gasteiger charge is -2.09. The van der Waals surface area contributed by atoms with E-state index in [1.54, 1.807) is 24.9 Å². The van der Waals surface area contributed by atoms with Crippen LogP contribution in [-0.4, -0.2) is 31.0 Å². The number of benzene rings is 1. The Morgan fingerprint density at radius 3 is 2.78 bits per heavy atom. The maximum Gasteiger partial charge on any atom is 0.247 e. The van der Waals surface area contributed by atoms with Crippen molar-refractivity contribution in [2.24, 2.45) is 0 Å². The summed E-state index contributed by atoms with van der Waals surface area (Å²) in [5, 5.41) is 3.24. The molecule has 0 aliphatic carbocycles. The second-order valence-corrected chi connectivity index (χ2v) is 6.00. The molecular weight excluding hydrogens is 338 g/mol. The molecule has 4 rings (SSSR count). The molecule has 0 fully saturated rings.